The molecule has 0 aliphatic carbocycles. The van der Waals surface area contributed by atoms with Crippen LogP contribution in [-0.4, -0.2) is 45.3 Å². The van der Waals surface area contributed by atoms with Crippen molar-refractivity contribution in [3.8, 4) is 11.5 Å². The number of alkyl halides is 1. The molecule has 0 unspecified atom stereocenters. The normalized spacial score (nSPS) is 13.2. The van der Waals surface area contributed by atoms with Crippen molar-refractivity contribution in [3.63, 3.8) is 0 Å². The molecule has 1 aliphatic rings. The van der Waals surface area contributed by atoms with E-state index in [4.69, 9.17) is 21.1 Å². The van der Waals surface area contributed by atoms with Gasteiger partial charge in [-0.2, -0.15) is 4.98 Å². The van der Waals surface area contributed by atoms with Gasteiger partial charge in [-0.1, -0.05) is 0 Å². The number of ether oxygens (including phenoxy) is 2. The number of aromatic nitrogens is 4. The summed E-state index contributed by atoms with van der Waals surface area (Å²) in [6.45, 7) is 1.48. The van der Waals surface area contributed by atoms with Crippen molar-refractivity contribution in [2.75, 3.05) is 31.5 Å². The predicted octanol–water partition coefficient (Wildman–Crippen LogP) is 1.69. The molecule has 0 N–H and O–H groups in total. The number of hydrogen-bond donors (Lipinski definition) is 0. The SMILES string of the molecule is COc1ccc(N2CCn3c2nc2c3c(=O)n(CCCCl)c(=O)n2C)c(OC)c1. The standard InChI is InChI=1S/C19H22ClN5O4/c1-22-16-15(17(26)25(19(22)27)8-4-7-20)24-10-9-23(18(24)21-16)13-6-5-12(28-2)11-14(13)29-3/h5-6,11H,4,7-10H2,1-3H3. The minimum absolute atomic E-state index is 0.279. The molecule has 3 aromatic rings. The van der Waals surface area contributed by atoms with E-state index >= 15 is 0 Å². The number of imidazole rings is 1. The lowest BCUT2D eigenvalue weighted by Gasteiger charge is -2.19. The summed E-state index contributed by atoms with van der Waals surface area (Å²) in [6, 6.07) is 5.54. The van der Waals surface area contributed by atoms with Gasteiger partial charge < -0.3 is 18.9 Å². The van der Waals surface area contributed by atoms with Crippen LogP contribution in [0.1, 0.15) is 6.42 Å². The molecule has 0 saturated heterocycles. The summed E-state index contributed by atoms with van der Waals surface area (Å²) < 4.78 is 15.3. The molecule has 29 heavy (non-hydrogen) atoms. The van der Waals surface area contributed by atoms with E-state index in [9.17, 15) is 9.59 Å². The van der Waals surface area contributed by atoms with Crippen LogP contribution in [0.3, 0.4) is 0 Å². The fourth-order valence-electron chi connectivity index (χ4n) is 3.73. The van der Waals surface area contributed by atoms with Crippen LogP contribution < -0.4 is 25.6 Å². The molecule has 1 aromatic carbocycles. The zero-order valence-electron chi connectivity index (χ0n) is 16.5. The third-order valence-electron chi connectivity index (χ3n) is 5.19. The number of methoxy groups -OCH3 is 2. The van der Waals surface area contributed by atoms with E-state index in [1.807, 2.05) is 21.6 Å². The maximum absolute atomic E-state index is 13.1. The van der Waals surface area contributed by atoms with Gasteiger partial charge in [0, 0.05) is 38.6 Å². The van der Waals surface area contributed by atoms with Crippen LogP contribution >= 0.6 is 11.6 Å². The Bertz CT molecular complexity index is 1200. The number of aryl methyl sites for hydroxylation is 1. The number of hydrogen-bond acceptors (Lipinski definition) is 6. The van der Waals surface area contributed by atoms with Crippen LogP contribution in [0.5, 0.6) is 11.5 Å². The number of rotatable bonds is 6. The largest absolute Gasteiger partial charge is 0.497 e. The van der Waals surface area contributed by atoms with Crippen LogP contribution in [0.2, 0.25) is 0 Å². The minimum Gasteiger partial charge on any atom is -0.497 e. The van der Waals surface area contributed by atoms with E-state index in [1.54, 1.807) is 27.3 Å². The van der Waals surface area contributed by atoms with Gasteiger partial charge in [0.2, 0.25) is 5.95 Å². The van der Waals surface area contributed by atoms with Gasteiger partial charge in [-0.05, 0) is 18.6 Å². The molecule has 0 radical (unpaired) electrons. The monoisotopic (exact) mass is 419 g/mol. The van der Waals surface area contributed by atoms with E-state index in [0.29, 0.717) is 54.0 Å². The van der Waals surface area contributed by atoms with Gasteiger partial charge in [-0.25, -0.2) is 4.79 Å². The average molecular weight is 420 g/mol. The summed E-state index contributed by atoms with van der Waals surface area (Å²) in [7, 11) is 4.82. The van der Waals surface area contributed by atoms with Crippen LogP contribution in [0.4, 0.5) is 11.6 Å². The highest BCUT2D eigenvalue weighted by molar-refractivity contribution is 6.17. The predicted molar refractivity (Wildman–Crippen MR) is 111 cm³/mol. The van der Waals surface area contributed by atoms with E-state index in [0.717, 1.165) is 5.69 Å². The molecule has 10 heteroatoms. The van der Waals surface area contributed by atoms with Gasteiger partial charge in [-0.3, -0.25) is 13.9 Å². The van der Waals surface area contributed by atoms with Crippen molar-refractivity contribution in [3.05, 3.63) is 39.0 Å². The van der Waals surface area contributed by atoms with Gasteiger partial charge >= 0.3 is 5.69 Å². The van der Waals surface area contributed by atoms with Gasteiger partial charge in [0.1, 0.15) is 11.5 Å². The molecule has 3 heterocycles. The van der Waals surface area contributed by atoms with Crippen LogP contribution in [0.25, 0.3) is 11.2 Å². The van der Waals surface area contributed by atoms with Crippen molar-refractivity contribution in [1.82, 2.24) is 18.7 Å². The zero-order valence-corrected chi connectivity index (χ0v) is 17.3. The number of fused-ring (bicyclic) bond motifs is 3. The zero-order chi connectivity index (χ0) is 20.7. The lowest BCUT2D eigenvalue weighted by molar-refractivity contribution is 0.395. The summed E-state index contributed by atoms with van der Waals surface area (Å²) in [5, 5.41) is 0. The molecule has 154 valence electrons. The van der Waals surface area contributed by atoms with Gasteiger partial charge in [-0.15, -0.1) is 11.6 Å². The van der Waals surface area contributed by atoms with Crippen molar-refractivity contribution in [2.24, 2.45) is 7.05 Å². The van der Waals surface area contributed by atoms with Crippen LogP contribution in [0, 0.1) is 0 Å². The number of benzene rings is 1. The Hall–Kier alpha value is -2.94. The van der Waals surface area contributed by atoms with E-state index in [-0.39, 0.29) is 12.1 Å². The Balaban J connectivity index is 1.89. The Morgan fingerprint density at radius 1 is 1.17 bits per heavy atom. The van der Waals surface area contributed by atoms with E-state index in [2.05, 4.69) is 4.98 Å². The smallest absolute Gasteiger partial charge is 0.332 e. The molecule has 2 aromatic heterocycles. The molecule has 0 amide bonds. The summed E-state index contributed by atoms with van der Waals surface area (Å²) >= 11 is 5.75. The second kappa shape index (κ2) is 7.47. The molecule has 0 saturated carbocycles. The molecular formula is C19H22ClN5O4. The molecule has 9 nitrogen and oxygen atoms in total. The van der Waals surface area contributed by atoms with Crippen molar-refractivity contribution < 1.29 is 9.47 Å². The Morgan fingerprint density at radius 2 is 1.97 bits per heavy atom. The van der Waals surface area contributed by atoms with Crippen molar-refractivity contribution >= 4 is 34.4 Å². The quantitative estimate of drug-likeness (QED) is 0.565. The van der Waals surface area contributed by atoms with Crippen molar-refractivity contribution in [2.45, 2.75) is 19.5 Å². The summed E-state index contributed by atoms with van der Waals surface area (Å²) in [6.07, 6.45) is 0.540. The average Bonchev–Trinajstić information content (AvgIpc) is 3.31. The van der Waals surface area contributed by atoms with Gasteiger partial charge in [0.05, 0.1) is 19.9 Å². The molecular weight excluding hydrogens is 398 g/mol. The van der Waals surface area contributed by atoms with E-state index < -0.39 is 5.69 Å². The first-order valence-electron chi connectivity index (χ1n) is 9.27. The van der Waals surface area contributed by atoms with E-state index in [1.165, 1.54) is 9.13 Å². The summed E-state index contributed by atoms with van der Waals surface area (Å²) in [5.41, 5.74) is 0.879. The summed E-state index contributed by atoms with van der Waals surface area (Å²) in [5.74, 6) is 2.30. The first kappa shape index (κ1) is 19.4. The molecule has 0 bridgehead atoms. The maximum Gasteiger partial charge on any atom is 0.332 e. The van der Waals surface area contributed by atoms with Crippen molar-refractivity contribution in [1.29, 1.82) is 0 Å². The minimum atomic E-state index is -0.391. The van der Waals surface area contributed by atoms with Gasteiger partial charge in [0.15, 0.2) is 11.2 Å². The highest BCUT2D eigenvalue weighted by Gasteiger charge is 2.30. The maximum atomic E-state index is 13.1. The Kier molecular flexibility index (Phi) is 4.99. The second-order valence-corrected chi connectivity index (χ2v) is 7.14. The number of halogens is 1. The lowest BCUT2D eigenvalue weighted by Crippen LogP contribution is -2.39. The Morgan fingerprint density at radius 3 is 2.66 bits per heavy atom. The Labute approximate surface area is 171 Å². The number of anilines is 2. The molecule has 0 fully saturated rings. The number of nitrogens with zero attached hydrogens (tertiary/aromatic N) is 5. The van der Waals surface area contributed by atoms with Gasteiger partial charge in [0.25, 0.3) is 5.56 Å². The lowest BCUT2D eigenvalue weighted by atomic mass is 10.2. The van der Waals surface area contributed by atoms with Crippen LogP contribution in [0.15, 0.2) is 27.8 Å². The highest BCUT2D eigenvalue weighted by Crippen LogP contribution is 2.39. The second-order valence-electron chi connectivity index (χ2n) is 6.77. The van der Waals surface area contributed by atoms with Crippen LogP contribution in [-0.2, 0) is 20.1 Å². The first-order chi connectivity index (χ1) is 14.0. The highest BCUT2D eigenvalue weighted by atomic mass is 35.5. The first-order valence-corrected chi connectivity index (χ1v) is 9.80. The topological polar surface area (TPSA) is 83.5 Å². The molecule has 0 spiro atoms. The third kappa shape index (κ3) is 2.96. The molecule has 1 aliphatic heterocycles. The summed E-state index contributed by atoms with van der Waals surface area (Å²) in [4.78, 5) is 32.3. The third-order valence-corrected chi connectivity index (χ3v) is 5.46. The fourth-order valence-corrected chi connectivity index (χ4v) is 3.85. The molecule has 0 atom stereocenters. The fraction of sp³-hybridized carbons (Fsp3) is 0.421. The molecule has 4 rings (SSSR count).